The fourth-order valence-corrected chi connectivity index (χ4v) is 4.03. The van der Waals surface area contributed by atoms with E-state index in [0.717, 1.165) is 20.1 Å². The Hall–Kier alpha value is -3.90. The van der Waals surface area contributed by atoms with Crippen LogP contribution in [0.15, 0.2) is 69.6 Å². The molecule has 0 bridgehead atoms. The molecule has 0 aliphatic heterocycles. The van der Waals surface area contributed by atoms with Crippen molar-refractivity contribution in [3.05, 3.63) is 91.9 Å². The molecule has 3 rings (SSSR count). The highest BCUT2D eigenvalue weighted by molar-refractivity contribution is 9.10. The molecular formula is C26H24Br2N4O6. The van der Waals surface area contributed by atoms with Crippen molar-refractivity contribution < 1.29 is 28.7 Å². The molecule has 12 heteroatoms. The summed E-state index contributed by atoms with van der Waals surface area (Å²) in [7, 11) is 0. The molecule has 0 spiro atoms. The van der Waals surface area contributed by atoms with Crippen LogP contribution in [0, 0.1) is 13.8 Å². The molecule has 0 aliphatic rings. The summed E-state index contributed by atoms with van der Waals surface area (Å²) in [6, 6.07) is 16.4. The lowest BCUT2D eigenvalue weighted by atomic mass is 10.1. The monoisotopic (exact) mass is 646 g/mol. The molecular weight excluding hydrogens is 624 g/mol. The largest absolute Gasteiger partial charge is 0.483 e. The van der Waals surface area contributed by atoms with E-state index in [1.165, 1.54) is 24.3 Å². The summed E-state index contributed by atoms with van der Waals surface area (Å²) in [5.41, 5.74) is 11.2. The van der Waals surface area contributed by atoms with Crippen molar-refractivity contribution in [3.8, 4) is 11.5 Å². The molecule has 3 aromatic carbocycles. The molecule has 0 fully saturated rings. The molecule has 10 nitrogen and oxygen atoms in total. The second-order valence-corrected chi connectivity index (χ2v) is 9.81. The number of rotatable bonds is 8. The van der Waals surface area contributed by atoms with Crippen LogP contribution in [0.25, 0.3) is 0 Å². The second kappa shape index (κ2) is 13.6. The zero-order valence-electron chi connectivity index (χ0n) is 20.4. The SMILES string of the molecule is Cc1cc(Br)ccc1OCC(=O)NNC(=O)c1ccc(C(=O)NNC(=O)COc2ccc(Br)cc2C)cc1. The fourth-order valence-electron chi connectivity index (χ4n) is 3.08. The lowest BCUT2D eigenvalue weighted by Gasteiger charge is -2.11. The first-order chi connectivity index (χ1) is 18.1. The number of ether oxygens (including phenoxy) is 2. The fraction of sp³-hybridized carbons (Fsp3) is 0.154. The average molecular weight is 648 g/mol. The first-order valence-corrected chi connectivity index (χ1v) is 12.8. The normalized spacial score (nSPS) is 10.2. The van der Waals surface area contributed by atoms with Crippen molar-refractivity contribution in [1.29, 1.82) is 0 Å². The zero-order valence-corrected chi connectivity index (χ0v) is 23.6. The van der Waals surface area contributed by atoms with E-state index in [1.807, 2.05) is 26.0 Å². The number of carbonyl (C=O) groups is 4. The van der Waals surface area contributed by atoms with E-state index in [0.29, 0.717) is 11.5 Å². The van der Waals surface area contributed by atoms with Crippen LogP contribution < -0.4 is 31.2 Å². The van der Waals surface area contributed by atoms with Gasteiger partial charge in [-0.25, -0.2) is 0 Å². The second-order valence-electron chi connectivity index (χ2n) is 7.98. The van der Waals surface area contributed by atoms with Crippen molar-refractivity contribution in [2.45, 2.75) is 13.8 Å². The Kier molecular flexibility index (Phi) is 10.3. The molecule has 198 valence electrons. The summed E-state index contributed by atoms with van der Waals surface area (Å²) in [6.45, 7) is 3.11. The van der Waals surface area contributed by atoms with Crippen LogP contribution in [0.3, 0.4) is 0 Å². The molecule has 0 heterocycles. The molecule has 0 aliphatic carbocycles. The molecule has 4 N–H and O–H groups in total. The van der Waals surface area contributed by atoms with Gasteiger partial charge in [0.25, 0.3) is 23.6 Å². The van der Waals surface area contributed by atoms with Gasteiger partial charge in [-0.3, -0.25) is 40.9 Å². The Morgan fingerprint density at radius 1 is 0.605 bits per heavy atom. The van der Waals surface area contributed by atoms with Crippen molar-refractivity contribution in [2.24, 2.45) is 0 Å². The third kappa shape index (κ3) is 8.60. The third-order valence-electron chi connectivity index (χ3n) is 5.03. The molecule has 0 radical (unpaired) electrons. The smallest absolute Gasteiger partial charge is 0.276 e. The third-order valence-corrected chi connectivity index (χ3v) is 6.02. The standard InChI is InChI=1S/C26H24Br2N4O6/c1-15-11-19(27)7-9-21(15)37-13-23(33)29-31-25(35)17-3-5-18(6-4-17)26(36)32-30-24(34)14-38-22-10-8-20(28)12-16(22)2/h3-12H,13-14H2,1-2H3,(H,29,33)(H,30,34)(H,31,35)(H,32,36). The summed E-state index contributed by atoms with van der Waals surface area (Å²) in [5.74, 6) is -1.17. The van der Waals surface area contributed by atoms with Crippen LogP contribution in [0.5, 0.6) is 11.5 Å². The highest BCUT2D eigenvalue weighted by Gasteiger charge is 2.12. The number of hydrazine groups is 2. The van der Waals surface area contributed by atoms with Crippen molar-refractivity contribution >= 4 is 55.5 Å². The molecule has 0 saturated heterocycles. The first kappa shape index (κ1) is 28.7. The van der Waals surface area contributed by atoms with Crippen molar-refractivity contribution in [3.63, 3.8) is 0 Å². The van der Waals surface area contributed by atoms with Crippen LogP contribution in [0.2, 0.25) is 0 Å². The van der Waals surface area contributed by atoms with Gasteiger partial charge in [0, 0.05) is 20.1 Å². The van der Waals surface area contributed by atoms with E-state index in [-0.39, 0.29) is 24.3 Å². The highest BCUT2D eigenvalue weighted by Crippen LogP contribution is 2.22. The Morgan fingerprint density at radius 3 is 1.32 bits per heavy atom. The number of nitrogens with one attached hydrogen (secondary N) is 4. The maximum atomic E-state index is 12.3. The van der Waals surface area contributed by atoms with Crippen molar-refractivity contribution in [1.82, 2.24) is 21.7 Å². The van der Waals surface area contributed by atoms with Gasteiger partial charge in [-0.2, -0.15) is 0 Å². The van der Waals surface area contributed by atoms with Crippen LogP contribution >= 0.6 is 31.9 Å². The van der Waals surface area contributed by atoms with E-state index in [9.17, 15) is 19.2 Å². The topological polar surface area (TPSA) is 135 Å². The summed E-state index contributed by atoms with van der Waals surface area (Å²) in [6.07, 6.45) is 0. The molecule has 38 heavy (non-hydrogen) atoms. The van der Waals surface area contributed by atoms with Gasteiger partial charge in [0.05, 0.1) is 0 Å². The quantitative estimate of drug-likeness (QED) is 0.277. The van der Waals surface area contributed by atoms with E-state index < -0.39 is 23.6 Å². The number of amides is 4. The summed E-state index contributed by atoms with van der Waals surface area (Å²) in [4.78, 5) is 48.6. The van der Waals surface area contributed by atoms with E-state index in [1.54, 1.807) is 24.3 Å². The van der Waals surface area contributed by atoms with Crippen LogP contribution in [-0.2, 0) is 9.59 Å². The summed E-state index contributed by atoms with van der Waals surface area (Å²) in [5, 5.41) is 0. The maximum Gasteiger partial charge on any atom is 0.276 e. The van der Waals surface area contributed by atoms with Gasteiger partial charge < -0.3 is 9.47 Å². The van der Waals surface area contributed by atoms with Crippen LogP contribution in [0.4, 0.5) is 0 Å². The van der Waals surface area contributed by atoms with Gasteiger partial charge in [0.1, 0.15) is 11.5 Å². The minimum Gasteiger partial charge on any atom is -0.483 e. The minimum atomic E-state index is -0.584. The predicted molar refractivity (Wildman–Crippen MR) is 146 cm³/mol. The predicted octanol–water partition coefficient (Wildman–Crippen LogP) is 3.51. The van der Waals surface area contributed by atoms with Crippen LogP contribution in [0.1, 0.15) is 31.8 Å². The number of aryl methyl sites for hydroxylation is 2. The van der Waals surface area contributed by atoms with Gasteiger partial charge in [-0.1, -0.05) is 31.9 Å². The number of hydrogen-bond acceptors (Lipinski definition) is 6. The van der Waals surface area contributed by atoms with E-state index in [2.05, 4.69) is 53.6 Å². The zero-order chi connectivity index (χ0) is 27.7. The summed E-state index contributed by atoms with van der Waals surface area (Å²) < 4.78 is 12.7. The Morgan fingerprint density at radius 2 is 0.974 bits per heavy atom. The van der Waals surface area contributed by atoms with E-state index in [4.69, 9.17) is 9.47 Å². The molecule has 0 saturated carbocycles. The lowest BCUT2D eigenvalue weighted by molar-refractivity contribution is -0.124. The molecule has 0 aromatic heterocycles. The number of hydrogen-bond donors (Lipinski definition) is 4. The maximum absolute atomic E-state index is 12.3. The number of carbonyl (C=O) groups excluding carboxylic acids is 4. The van der Waals surface area contributed by atoms with Crippen LogP contribution in [-0.4, -0.2) is 36.8 Å². The van der Waals surface area contributed by atoms with Crippen molar-refractivity contribution in [2.75, 3.05) is 13.2 Å². The minimum absolute atomic E-state index is 0.203. The summed E-state index contributed by atoms with van der Waals surface area (Å²) >= 11 is 6.71. The van der Waals surface area contributed by atoms with Gasteiger partial charge in [-0.15, -0.1) is 0 Å². The molecule has 4 amide bonds. The molecule has 3 aromatic rings. The Balaban J connectivity index is 1.40. The highest BCUT2D eigenvalue weighted by atomic mass is 79.9. The number of halogens is 2. The van der Waals surface area contributed by atoms with Gasteiger partial charge >= 0.3 is 0 Å². The van der Waals surface area contributed by atoms with E-state index >= 15 is 0 Å². The molecule has 0 atom stereocenters. The number of benzene rings is 3. The average Bonchev–Trinajstić information content (AvgIpc) is 2.89. The Labute approximate surface area is 235 Å². The molecule has 0 unspecified atom stereocenters. The Bertz CT molecular complexity index is 1250. The van der Waals surface area contributed by atoms with Gasteiger partial charge in [-0.05, 0) is 85.6 Å². The van der Waals surface area contributed by atoms with Gasteiger partial charge in [0.2, 0.25) is 0 Å². The van der Waals surface area contributed by atoms with Gasteiger partial charge in [0.15, 0.2) is 13.2 Å². The first-order valence-electron chi connectivity index (χ1n) is 11.2. The lowest BCUT2D eigenvalue weighted by Crippen LogP contribution is -2.44.